The summed E-state index contributed by atoms with van der Waals surface area (Å²) in [6.45, 7) is 5.75. The molecule has 0 bridgehead atoms. The Morgan fingerprint density at radius 2 is 1.75 bits per heavy atom. The summed E-state index contributed by atoms with van der Waals surface area (Å²) >= 11 is 0. The Kier molecular flexibility index (Phi) is 3.49. The summed E-state index contributed by atoms with van der Waals surface area (Å²) in [7, 11) is 1.58. The van der Waals surface area contributed by atoms with E-state index in [0.717, 1.165) is 22.4 Å². The van der Waals surface area contributed by atoms with Gasteiger partial charge in [0.25, 0.3) is 5.56 Å². The maximum atomic E-state index is 12.2. The summed E-state index contributed by atoms with van der Waals surface area (Å²) in [5.74, 6) is -1.20. The molecule has 1 aromatic carbocycles. The van der Waals surface area contributed by atoms with Gasteiger partial charge in [-0.3, -0.25) is 4.79 Å². The van der Waals surface area contributed by atoms with E-state index in [4.69, 9.17) is 0 Å². The first-order valence-electron chi connectivity index (χ1n) is 6.34. The number of rotatable bonds is 2. The second-order valence-electron chi connectivity index (χ2n) is 5.04. The van der Waals surface area contributed by atoms with Crippen LogP contribution in [-0.4, -0.2) is 15.6 Å². The van der Waals surface area contributed by atoms with E-state index in [1.165, 1.54) is 4.57 Å². The highest BCUT2D eigenvalue weighted by Gasteiger charge is 2.19. The van der Waals surface area contributed by atoms with Crippen molar-refractivity contribution in [2.45, 2.75) is 20.8 Å². The number of carboxylic acids is 1. The first-order chi connectivity index (χ1) is 9.32. The molecule has 20 heavy (non-hydrogen) atoms. The molecule has 0 spiro atoms. The van der Waals surface area contributed by atoms with Crippen molar-refractivity contribution in [1.29, 1.82) is 0 Å². The number of carbonyl (C=O) groups is 1. The fraction of sp³-hybridized carbons (Fsp3) is 0.250. The Morgan fingerprint density at radius 3 is 2.30 bits per heavy atom. The minimum absolute atomic E-state index is 0.179. The van der Waals surface area contributed by atoms with Crippen LogP contribution in [0.4, 0.5) is 0 Å². The van der Waals surface area contributed by atoms with Gasteiger partial charge in [-0.15, -0.1) is 0 Å². The molecule has 0 saturated heterocycles. The maximum absolute atomic E-state index is 12.2. The van der Waals surface area contributed by atoms with E-state index in [1.807, 2.05) is 32.0 Å². The molecule has 0 aliphatic rings. The average Bonchev–Trinajstić information content (AvgIpc) is 2.38. The third-order valence-electron chi connectivity index (χ3n) is 3.70. The van der Waals surface area contributed by atoms with E-state index in [0.29, 0.717) is 5.56 Å². The van der Waals surface area contributed by atoms with Crippen molar-refractivity contribution < 1.29 is 9.90 Å². The van der Waals surface area contributed by atoms with Crippen molar-refractivity contribution in [3.8, 4) is 11.1 Å². The molecule has 0 fully saturated rings. The lowest BCUT2D eigenvalue weighted by Crippen LogP contribution is -2.26. The Morgan fingerprint density at radius 1 is 1.10 bits per heavy atom. The van der Waals surface area contributed by atoms with Gasteiger partial charge in [0.2, 0.25) is 0 Å². The van der Waals surface area contributed by atoms with Crippen LogP contribution in [0.3, 0.4) is 0 Å². The number of aryl methyl sites for hydroxylation is 3. The monoisotopic (exact) mass is 271 g/mol. The summed E-state index contributed by atoms with van der Waals surface area (Å²) in [6, 6.07) is 7.44. The molecule has 2 rings (SSSR count). The molecule has 0 aliphatic heterocycles. The molecule has 104 valence electrons. The average molecular weight is 271 g/mol. The third kappa shape index (κ3) is 2.25. The zero-order valence-corrected chi connectivity index (χ0v) is 12.0. The summed E-state index contributed by atoms with van der Waals surface area (Å²) in [5, 5.41) is 9.33. The van der Waals surface area contributed by atoms with Gasteiger partial charge in [0.05, 0.1) is 0 Å². The van der Waals surface area contributed by atoms with Crippen molar-refractivity contribution in [3.05, 3.63) is 57.0 Å². The molecule has 0 aliphatic carbocycles. The van der Waals surface area contributed by atoms with Crippen molar-refractivity contribution in [1.82, 2.24) is 4.57 Å². The molecule has 0 radical (unpaired) electrons. The van der Waals surface area contributed by atoms with E-state index in [-0.39, 0.29) is 5.56 Å². The minimum atomic E-state index is -1.20. The zero-order valence-electron chi connectivity index (χ0n) is 12.0. The highest BCUT2D eigenvalue weighted by Crippen LogP contribution is 2.25. The van der Waals surface area contributed by atoms with Gasteiger partial charge in [-0.1, -0.05) is 18.2 Å². The predicted octanol–water partition coefficient (Wildman–Crippen LogP) is 2.68. The van der Waals surface area contributed by atoms with Gasteiger partial charge in [-0.2, -0.15) is 0 Å². The summed E-state index contributed by atoms with van der Waals surface area (Å²) < 4.78 is 1.36. The van der Waals surface area contributed by atoms with Crippen LogP contribution in [0, 0.1) is 20.8 Å². The number of carboxylic acid groups (broad SMARTS) is 1. The van der Waals surface area contributed by atoms with Gasteiger partial charge in [0, 0.05) is 18.3 Å². The van der Waals surface area contributed by atoms with Gasteiger partial charge in [-0.25, -0.2) is 4.79 Å². The second-order valence-corrected chi connectivity index (χ2v) is 5.04. The van der Waals surface area contributed by atoms with Crippen LogP contribution < -0.4 is 5.56 Å². The standard InChI is InChI=1S/C16H17NO3/c1-9-5-6-12(7-10(9)2)13-8-11(3)17(4)15(18)14(13)16(19)20/h5-8H,1-4H3,(H,19,20). The van der Waals surface area contributed by atoms with Gasteiger partial charge in [0.15, 0.2) is 0 Å². The van der Waals surface area contributed by atoms with Crippen LogP contribution in [-0.2, 0) is 7.05 Å². The molecule has 0 amide bonds. The molecule has 4 heteroatoms. The number of hydrogen-bond donors (Lipinski definition) is 1. The molecular weight excluding hydrogens is 254 g/mol. The van der Waals surface area contributed by atoms with Gasteiger partial charge in [-0.05, 0) is 43.5 Å². The molecule has 0 unspecified atom stereocenters. The Hall–Kier alpha value is -2.36. The van der Waals surface area contributed by atoms with E-state index in [1.54, 1.807) is 20.0 Å². The normalized spacial score (nSPS) is 10.6. The Bertz CT molecular complexity index is 757. The molecule has 0 saturated carbocycles. The zero-order chi connectivity index (χ0) is 15.0. The Labute approximate surface area is 117 Å². The van der Waals surface area contributed by atoms with Crippen LogP contribution in [0.15, 0.2) is 29.1 Å². The predicted molar refractivity (Wildman–Crippen MR) is 78.3 cm³/mol. The number of hydrogen-bond acceptors (Lipinski definition) is 2. The van der Waals surface area contributed by atoms with Crippen molar-refractivity contribution in [2.24, 2.45) is 7.05 Å². The van der Waals surface area contributed by atoms with E-state index in [9.17, 15) is 14.7 Å². The van der Waals surface area contributed by atoms with Crippen LogP contribution in [0.2, 0.25) is 0 Å². The number of pyridine rings is 1. The fourth-order valence-electron chi connectivity index (χ4n) is 2.16. The third-order valence-corrected chi connectivity index (χ3v) is 3.70. The molecular formula is C16H17NO3. The van der Waals surface area contributed by atoms with Crippen molar-refractivity contribution in [2.75, 3.05) is 0 Å². The number of aromatic carboxylic acids is 1. The number of nitrogens with zero attached hydrogens (tertiary/aromatic N) is 1. The van der Waals surface area contributed by atoms with Crippen LogP contribution >= 0.6 is 0 Å². The molecule has 2 aromatic rings. The minimum Gasteiger partial charge on any atom is -0.477 e. The topological polar surface area (TPSA) is 59.3 Å². The highest BCUT2D eigenvalue weighted by molar-refractivity contribution is 5.95. The molecule has 4 nitrogen and oxygen atoms in total. The lowest BCUT2D eigenvalue weighted by molar-refractivity contribution is 0.0695. The molecule has 1 aromatic heterocycles. The number of aromatic nitrogens is 1. The van der Waals surface area contributed by atoms with Crippen molar-refractivity contribution >= 4 is 5.97 Å². The summed E-state index contributed by atoms with van der Waals surface area (Å²) in [6.07, 6.45) is 0. The first kappa shape index (κ1) is 14.1. The SMILES string of the molecule is Cc1ccc(-c2cc(C)n(C)c(=O)c2C(=O)O)cc1C. The van der Waals surface area contributed by atoms with Gasteiger partial charge >= 0.3 is 5.97 Å². The fourth-order valence-corrected chi connectivity index (χ4v) is 2.16. The van der Waals surface area contributed by atoms with Crippen LogP contribution in [0.5, 0.6) is 0 Å². The summed E-state index contributed by atoms with van der Waals surface area (Å²) in [4.78, 5) is 23.6. The van der Waals surface area contributed by atoms with E-state index >= 15 is 0 Å². The lowest BCUT2D eigenvalue weighted by Gasteiger charge is -2.12. The first-order valence-corrected chi connectivity index (χ1v) is 6.34. The van der Waals surface area contributed by atoms with Crippen LogP contribution in [0.1, 0.15) is 27.2 Å². The Balaban J connectivity index is 2.82. The maximum Gasteiger partial charge on any atom is 0.341 e. The quantitative estimate of drug-likeness (QED) is 0.913. The van der Waals surface area contributed by atoms with E-state index in [2.05, 4.69) is 0 Å². The molecule has 1 heterocycles. The van der Waals surface area contributed by atoms with Crippen LogP contribution in [0.25, 0.3) is 11.1 Å². The van der Waals surface area contributed by atoms with Gasteiger partial charge in [0.1, 0.15) is 5.56 Å². The lowest BCUT2D eigenvalue weighted by atomic mass is 9.97. The van der Waals surface area contributed by atoms with Gasteiger partial charge < -0.3 is 9.67 Å². The highest BCUT2D eigenvalue weighted by atomic mass is 16.4. The summed E-state index contributed by atoms with van der Waals surface area (Å²) in [5.41, 5.74) is 3.50. The largest absolute Gasteiger partial charge is 0.477 e. The number of benzene rings is 1. The van der Waals surface area contributed by atoms with E-state index < -0.39 is 11.5 Å². The van der Waals surface area contributed by atoms with Crippen molar-refractivity contribution in [3.63, 3.8) is 0 Å². The molecule has 1 N–H and O–H groups in total. The second kappa shape index (κ2) is 4.96. The smallest absolute Gasteiger partial charge is 0.341 e. The molecule has 0 atom stereocenters.